The van der Waals surface area contributed by atoms with Crippen LogP contribution >= 0.6 is 0 Å². The normalized spacial score (nSPS) is 17.7. The van der Waals surface area contributed by atoms with E-state index in [-0.39, 0.29) is 6.10 Å². The molecule has 0 bridgehead atoms. The number of carbonyl (C=O) groups excluding carboxylic acids is 1. The third-order valence-electron chi connectivity index (χ3n) is 2.15. The van der Waals surface area contributed by atoms with Crippen LogP contribution in [0.5, 0.6) is 17.2 Å². The van der Waals surface area contributed by atoms with Crippen LogP contribution in [-0.2, 0) is 9.53 Å². The molecule has 1 heterocycles. The summed E-state index contributed by atoms with van der Waals surface area (Å²) >= 11 is 0. The third kappa shape index (κ3) is 2.64. The molecule has 1 aliphatic rings. The minimum Gasteiger partial charge on any atom is -0.497 e. The standard InChI is InChI=1S/C11H12O5/c1-13-8-2-3-10(11(4-8)16-7-12)15-6-9-5-14-9/h2-4,7,9H,5-6H2,1H3/t9-/m1/s1. The number of carbonyl (C=O) groups is 1. The van der Waals surface area contributed by atoms with Crippen molar-refractivity contribution in [2.45, 2.75) is 6.10 Å². The van der Waals surface area contributed by atoms with Gasteiger partial charge in [-0.2, -0.15) is 0 Å². The average molecular weight is 224 g/mol. The largest absolute Gasteiger partial charge is 0.497 e. The van der Waals surface area contributed by atoms with Crippen molar-refractivity contribution in [2.24, 2.45) is 0 Å². The Morgan fingerprint density at radius 1 is 1.50 bits per heavy atom. The number of methoxy groups -OCH3 is 1. The Bertz CT molecular complexity index is 373. The molecule has 5 heteroatoms. The highest BCUT2D eigenvalue weighted by atomic mass is 16.6. The molecule has 1 aromatic rings. The van der Waals surface area contributed by atoms with Crippen molar-refractivity contribution >= 4 is 6.47 Å². The Morgan fingerprint density at radius 3 is 2.94 bits per heavy atom. The predicted octanol–water partition coefficient (Wildman–Crippen LogP) is 1.01. The Labute approximate surface area is 92.9 Å². The molecule has 86 valence electrons. The van der Waals surface area contributed by atoms with Gasteiger partial charge in [0.05, 0.1) is 13.7 Å². The van der Waals surface area contributed by atoms with Crippen LogP contribution in [0, 0.1) is 0 Å². The molecule has 0 spiro atoms. The van der Waals surface area contributed by atoms with Gasteiger partial charge in [-0.05, 0) is 12.1 Å². The fourth-order valence-corrected chi connectivity index (χ4v) is 1.23. The number of hydrogen-bond donors (Lipinski definition) is 0. The number of hydrogen-bond acceptors (Lipinski definition) is 5. The van der Waals surface area contributed by atoms with Crippen molar-refractivity contribution in [3.8, 4) is 17.2 Å². The number of benzene rings is 1. The van der Waals surface area contributed by atoms with Crippen molar-refractivity contribution in [1.29, 1.82) is 0 Å². The van der Waals surface area contributed by atoms with Gasteiger partial charge in [-0.25, -0.2) is 0 Å². The molecule has 2 rings (SSSR count). The van der Waals surface area contributed by atoms with E-state index in [9.17, 15) is 4.79 Å². The zero-order valence-electron chi connectivity index (χ0n) is 8.84. The Balaban J connectivity index is 2.09. The van der Waals surface area contributed by atoms with Crippen LogP contribution in [0.25, 0.3) is 0 Å². The van der Waals surface area contributed by atoms with Crippen LogP contribution < -0.4 is 14.2 Å². The summed E-state index contributed by atoms with van der Waals surface area (Å²) in [4.78, 5) is 10.3. The SMILES string of the molecule is COc1ccc(OC[C@H]2CO2)c(OC=O)c1. The summed E-state index contributed by atoms with van der Waals surface area (Å²) in [5.74, 6) is 1.45. The van der Waals surface area contributed by atoms with Gasteiger partial charge in [0, 0.05) is 6.07 Å². The molecular weight excluding hydrogens is 212 g/mol. The smallest absolute Gasteiger partial charge is 0.298 e. The zero-order chi connectivity index (χ0) is 11.4. The van der Waals surface area contributed by atoms with Crippen LogP contribution in [0.2, 0.25) is 0 Å². The quantitative estimate of drug-likeness (QED) is 0.533. The summed E-state index contributed by atoms with van der Waals surface area (Å²) in [5, 5.41) is 0. The summed E-state index contributed by atoms with van der Waals surface area (Å²) in [7, 11) is 1.54. The summed E-state index contributed by atoms with van der Waals surface area (Å²) in [6.45, 7) is 1.54. The van der Waals surface area contributed by atoms with Gasteiger partial charge in [-0.15, -0.1) is 0 Å². The van der Waals surface area contributed by atoms with Crippen molar-refractivity contribution in [3.05, 3.63) is 18.2 Å². The highest BCUT2D eigenvalue weighted by Gasteiger charge is 2.23. The van der Waals surface area contributed by atoms with Gasteiger partial charge < -0.3 is 18.9 Å². The second-order valence-corrected chi connectivity index (χ2v) is 3.29. The van der Waals surface area contributed by atoms with Gasteiger partial charge in [0.25, 0.3) is 6.47 Å². The average Bonchev–Trinajstić information content (AvgIpc) is 3.11. The maximum Gasteiger partial charge on any atom is 0.298 e. The van der Waals surface area contributed by atoms with E-state index in [1.165, 1.54) is 0 Å². The molecule has 0 radical (unpaired) electrons. The maximum absolute atomic E-state index is 10.3. The van der Waals surface area contributed by atoms with Gasteiger partial charge in [-0.3, -0.25) is 4.79 Å². The first-order valence-corrected chi connectivity index (χ1v) is 4.86. The van der Waals surface area contributed by atoms with E-state index in [2.05, 4.69) is 0 Å². The number of ether oxygens (including phenoxy) is 4. The Hall–Kier alpha value is -1.75. The molecule has 1 fully saturated rings. The molecule has 1 aliphatic heterocycles. The zero-order valence-corrected chi connectivity index (χ0v) is 8.84. The first-order valence-electron chi connectivity index (χ1n) is 4.86. The lowest BCUT2D eigenvalue weighted by Gasteiger charge is -2.09. The monoisotopic (exact) mass is 224 g/mol. The maximum atomic E-state index is 10.3. The van der Waals surface area contributed by atoms with Crippen molar-refractivity contribution in [2.75, 3.05) is 20.3 Å². The predicted molar refractivity (Wildman–Crippen MR) is 54.9 cm³/mol. The first kappa shape index (κ1) is 10.8. The molecule has 0 amide bonds. The molecule has 0 aliphatic carbocycles. The van der Waals surface area contributed by atoms with Crippen molar-refractivity contribution < 1.29 is 23.7 Å². The highest BCUT2D eigenvalue weighted by molar-refractivity contribution is 5.53. The number of rotatable bonds is 6. The lowest BCUT2D eigenvalue weighted by atomic mass is 10.3. The van der Waals surface area contributed by atoms with Gasteiger partial charge in [-0.1, -0.05) is 0 Å². The van der Waals surface area contributed by atoms with E-state index in [0.717, 1.165) is 6.61 Å². The van der Waals surface area contributed by atoms with Crippen LogP contribution in [-0.4, -0.2) is 32.9 Å². The van der Waals surface area contributed by atoms with Crippen LogP contribution in [0.1, 0.15) is 0 Å². The van der Waals surface area contributed by atoms with Crippen molar-refractivity contribution in [3.63, 3.8) is 0 Å². The molecular formula is C11H12O5. The van der Waals surface area contributed by atoms with Gasteiger partial charge in [0.2, 0.25) is 0 Å². The van der Waals surface area contributed by atoms with Crippen LogP contribution in [0.3, 0.4) is 0 Å². The second-order valence-electron chi connectivity index (χ2n) is 3.29. The molecule has 0 N–H and O–H groups in total. The van der Waals surface area contributed by atoms with E-state index in [4.69, 9.17) is 18.9 Å². The van der Waals surface area contributed by atoms with E-state index < -0.39 is 0 Å². The molecule has 1 aromatic carbocycles. The van der Waals surface area contributed by atoms with E-state index in [1.807, 2.05) is 0 Å². The Morgan fingerprint density at radius 2 is 2.31 bits per heavy atom. The highest BCUT2D eigenvalue weighted by Crippen LogP contribution is 2.31. The Kier molecular flexibility index (Phi) is 3.26. The fraction of sp³-hybridized carbons (Fsp3) is 0.364. The summed E-state index contributed by atoms with van der Waals surface area (Å²) in [6, 6.07) is 5.03. The molecule has 0 saturated carbocycles. The summed E-state index contributed by atoms with van der Waals surface area (Å²) in [6.07, 6.45) is 0.159. The topological polar surface area (TPSA) is 57.3 Å². The van der Waals surface area contributed by atoms with E-state index in [0.29, 0.717) is 30.3 Å². The third-order valence-corrected chi connectivity index (χ3v) is 2.15. The van der Waals surface area contributed by atoms with E-state index in [1.54, 1.807) is 25.3 Å². The first-order chi connectivity index (χ1) is 7.83. The fourth-order valence-electron chi connectivity index (χ4n) is 1.23. The number of epoxide rings is 1. The second kappa shape index (κ2) is 4.85. The minimum atomic E-state index is 0.159. The molecule has 16 heavy (non-hydrogen) atoms. The summed E-state index contributed by atoms with van der Waals surface area (Å²) < 4.78 is 20.3. The lowest BCUT2D eigenvalue weighted by Crippen LogP contribution is -2.05. The van der Waals surface area contributed by atoms with E-state index >= 15 is 0 Å². The van der Waals surface area contributed by atoms with Gasteiger partial charge in [0.15, 0.2) is 11.5 Å². The van der Waals surface area contributed by atoms with Crippen LogP contribution in [0.4, 0.5) is 0 Å². The molecule has 5 nitrogen and oxygen atoms in total. The van der Waals surface area contributed by atoms with Crippen LogP contribution in [0.15, 0.2) is 18.2 Å². The van der Waals surface area contributed by atoms with Crippen molar-refractivity contribution in [1.82, 2.24) is 0 Å². The van der Waals surface area contributed by atoms with Gasteiger partial charge in [0.1, 0.15) is 18.5 Å². The molecule has 1 saturated heterocycles. The lowest BCUT2D eigenvalue weighted by molar-refractivity contribution is -0.120. The molecule has 1 atom stereocenters. The molecule has 0 aromatic heterocycles. The van der Waals surface area contributed by atoms with Gasteiger partial charge >= 0.3 is 0 Å². The minimum absolute atomic E-state index is 0.159. The summed E-state index contributed by atoms with van der Waals surface area (Å²) in [5.41, 5.74) is 0. The molecule has 0 unspecified atom stereocenters.